The van der Waals surface area contributed by atoms with Crippen molar-refractivity contribution in [1.82, 2.24) is 0 Å². The minimum Gasteiger partial charge on any atom is -0.506 e. The largest absolute Gasteiger partial charge is 0.506 e. The first kappa shape index (κ1) is 9.99. The Bertz CT molecular complexity index is 372. The van der Waals surface area contributed by atoms with Gasteiger partial charge in [-0.05, 0) is 53.2 Å². The molecule has 76 valence electrons. The number of hydrogen-bond acceptors (Lipinski definition) is 2. The van der Waals surface area contributed by atoms with Gasteiger partial charge in [0.25, 0.3) is 0 Å². The van der Waals surface area contributed by atoms with Crippen LogP contribution in [0.15, 0.2) is 16.6 Å². The van der Waals surface area contributed by atoms with Crippen molar-refractivity contribution in [2.24, 2.45) is 5.73 Å². The summed E-state index contributed by atoms with van der Waals surface area (Å²) in [6, 6.07) is 3.93. The van der Waals surface area contributed by atoms with Gasteiger partial charge in [0.1, 0.15) is 5.75 Å². The van der Waals surface area contributed by atoms with Crippen molar-refractivity contribution < 1.29 is 5.11 Å². The number of rotatable bonds is 1. The highest BCUT2D eigenvalue weighted by Gasteiger charge is 2.36. The molecule has 1 saturated carbocycles. The van der Waals surface area contributed by atoms with E-state index >= 15 is 0 Å². The second-order valence-electron chi connectivity index (χ2n) is 4.10. The van der Waals surface area contributed by atoms with Crippen molar-refractivity contribution in [3.63, 3.8) is 0 Å². The number of halogens is 1. The van der Waals surface area contributed by atoms with Crippen LogP contribution < -0.4 is 5.73 Å². The van der Waals surface area contributed by atoms with Crippen molar-refractivity contribution >= 4 is 15.9 Å². The van der Waals surface area contributed by atoms with Crippen LogP contribution in [0, 0.1) is 6.92 Å². The maximum atomic E-state index is 9.77. The Morgan fingerprint density at radius 3 is 2.57 bits per heavy atom. The molecule has 1 aromatic carbocycles. The lowest BCUT2D eigenvalue weighted by molar-refractivity contribution is 0.251. The summed E-state index contributed by atoms with van der Waals surface area (Å²) < 4.78 is 0.764. The molecule has 0 aromatic heterocycles. The molecule has 0 heterocycles. The molecular formula is C11H14BrNO. The molecule has 1 aliphatic carbocycles. The number of benzene rings is 1. The lowest BCUT2D eigenvalue weighted by Gasteiger charge is -2.39. The fourth-order valence-corrected chi connectivity index (χ4v) is 2.71. The third-order valence-electron chi connectivity index (χ3n) is 3.10. The number of aromatic hydroxyl groups is 1. The summed E-state index contributed by atoms with van der Waals surface area (Å²) in [4.78, 5) is 0. The van der Waals surface area contributed by atoms with Gasteiger partial charge in [-0.2, -0.15) is 0 Å². The monoisotopic (exact) mass is 255 g/mol. The van der Waals surface area contributed by atoms with Crippen LogP contribution in [-0.2, 0) is 5.54 Å². The second kappa shape index (κ2) is 3.24. The third kappa shape index (κ3) is 1.35. The first-order valence-electron chi connectivity index (χ1n) is 4.82. The Kier molecular flexibility index (Phi) is 2.32. The molecule has 3 heteroatoms. The Hall–Kier alpha value is -0.540. The molecule has 1 fully saturated rings. The number of nitrogens with two attached hydrogens (primary N) is 1. The zero-order valence-corrected chi connectivity index (χ0v) is 9.76. The van der Waals surface area contributed by atoms with Gasteiger partial charge in [-0.3, -0.25) is 0 Å². The highest BCUT2D eigenvalue weighted by Crippen LogP contribution is 2.44. The Morgan fingerprint density at radius 1 is 1.43 bits per heavy atom. The summed E-state index contributed by atoms with van der Waals surface area (Å²) in [5.74, 6) is 0.319. The van der Waals surface area contributed by atoms with E-state index in [1.165, 1.54) is 6.42 Å². The molecule has 2 nitrogen and oxygen atoms in total. The lowest BCUT2D eigenvalue weighted by atomic mass is 9.72. The first-order valence-corrected chi connectivity index (χ1v) is 5.61. The Morgan fingerprint density at radius 2 is 2.07 bits per heavy atom. The van der Waals surface area contributed by atoms with Crippen LogP contribution in [0.5, 0.6) is 5.75 Å². The molecule has 0 radical (unpaired) electrons. The van der Waals surface area contributed by atoms with Gasteiger partial charge in [0.05, 0.1) is 4.47 Å². The van der Waals surface area contributed by atoms with E-state index in [-0.39, 0.29) is 5.54 Å². The molecule has 0 spiro atoms. The molecule has 0 atom stereocenters. The van der Waals surface area contributed by atoms with Crippen molar-refractivity contribution in [2.45, 2.75) is 31.7 Å². The average Bonchev–Trinajstić information content (AvgIpc) is 2.11. The summed E-state index contributed by atoms with van der Waals surface area (Å²) in [5, 5.41) is 9.77. The molecule has 0 aliphatic heterocycles. The van der Waals surface area contributed by atoms with Gasteiger partial charge in [0.15, 0.2) is 0 Å². The minimum atomic E-state index is -0.218. The predicted molar refractivity (Wildman–Crippen MR) is 60.3 cm³/mol. The van der Waals surface area contributed by atoms with Crippen molar-refractivity contribution in [3.05, 3.63) is 27.7 Å². The molecular weight excluding hydrogens is 242 g/mol. The molecule has 14 heavy (non-hydrogen) atoms. The second-order valence-corrected chi connectivity index (χ2v) is 4.90. The van der Waals surface area contributed by atoms with Crippen molar-refractivity contribution in [3.8, 4) is 5.75 Å². The highest BCUT2D eigenvalue weighted by atomic mass is 79.9. The van der Waals surface area contributed by atoms with E-state index in [1.54, 1.807) is 0 Å². The quantitative estimate of drug-likeness (QED) is 0.811. The normalized spacial score (nSPS) is 19.1. The lowest BCUT2D eigenvalue weighted by Crippen LogP contribution is -2.43. The fourth-order valence-electron chi connectivity index (χ4n) is 1.87. The zero-order chi connectivity index (χ0) is 10.3. The van der Waals surface area contributed by atoms with E-state index in [1.807, 2.05) is 19.1 Å². The van der Waals surface area contributed by atoms with Gasteiger partial charge in [-0.15, -0.1) is 0 Å². The van der Waals surface area contributed by atoms with E-state index in [0.29, 0.717) is 5.75 Å². The van der Waals surface area contributed by atoms with Gasteiger partial charge >= 0.3 is 0 Å². The molecule has 2 rings (SSSR count). The summed E-state index contributed by atoms with van der Waals surface area (Å²) in [6.07, 6.45) is 3.19. The van der Waals surface area contributed by atoms with Crippen LogP contribution in [0.2, 0.25) is 0 Å². The average molecular weight is 256 g/mol. The molecule has 0 amide bonds. The first-order chi connectivity index (χ1) is 6.54. The zero-order valence-electron chi connectivity index (χ0n) is 8.18. The van der Waals surface area contributed by atoms with E-state index in [4.69, 9.17) is 5.73 Å². The van der Waals surface area contributed by atoms with E-state index in [2.05, 4.69) is 15.9 Å². The van der Waals surface area contributed by atoms with Gasteiger partial charge in [-0.25, -0.2) is 0 Å². The minimum absolute atomic E-state index is 0.218. The molecule has 1 aliphatic rings. The van der Waals surface area contributed by atoms with Crippen LogP contribution >= 0.6 is 15.9 Å². The summed E-state index contributed by atoms with van der Waals surface area (Å²) in [7, 11) is 0. The predicted octanol–water partition coefficient (Wildman–Crippen LogP) is 2.80. The molecule has 0 bridgehead atoms. The number of hydrogen-bond donors (Lipinski definition) is 2. The highest BCUT2D eigenvalue weighted by molar-refractivity contribution is 9.10. The topological polar surface area (TPSA) is 46.2 Å². The van der Waals surface area contributed by atoms with Crippen molar-refractivity contribution in [2.75, 3.05) is 0 Å². The third-order valence-corrected chi connectivity index (χ3v) is 3.90. The van der Waals surface area contributed by atoms with Gasteiger partial charge in [-0.1, -0.05) is 12.1 Å². The van der Waals surface area contributed by atoms with Crippen LogP contribution in [-0.4, -0.2) is 5.11 Å². The maximum absolute atomic E-state index is 9.77. The molecule has 1 aromatic rings. The summed E-state index contributed by atoms with van der Waals surface area (Å²) in [6.45, 7) is 1.88. The number of phenols is 1. The summed E-state index contributed by atoms with van der Waals surface area (Å²) >= 11 is 3.41. The van der Waals surface area contributed by atoms with Gasteiger partial charge < -0.3 is 10.8 Å². The van der Waals surface area contributed by atoms with E-state index in [0.717, 1.165) is 28.4 Å². The van der Waals surface area contributed by atoms with E-state index in [9.17, 15) is 5.11 Å². The van der Waals surface area contributed by atoms with Gasteiger partial charge in [0.2, 0.25) is 0 Å². The van der Waals surface area contributed by atoms with Crippen LogP contribution in [0.4, 0.5) is 0 Å². The van der Waals surface area contributed by atoms with Crippen LogP contribution in [0.3, 0.4) is 0 Å². The van der Waals surface area contributed by atoms with Crippen LogP contribution in [0.25, 0.3) is 0 Å². The fraction of sp³-hybridized carbons (Fsp3) is 0.455. The summed E-state index contributed by atoms with van der Waals surface area (Å²) in [5.41, 5.74) is 7.90. The molecule has 0 saturated heterocycles. The Labute approximate surface area is 92.3 Å². The number of phenolic OH excluding ortho intramolecular Hbond substituents is 1. The SMILES string of the molecule is Cc1ccc(C2(N)CCC2)c(Br)c1O. The molecule has 3 N–H and O–H groups in total. The number of aryl methyl sites for hydroxylation is 1. The maximum Gasteiger partial charge on any atom is 0.133 e. The Balaban J connectivity index is 2.49. The van der Waals surface area contributed by atoms with Gasteiger partial charge in [0, 0.05) is 5.54 Å². The molecule has 0 unspecified atom stereocenters. The van der Waals surface area contributed by atoms with Crippen molar-refractivity contribution in [1.29, 1.82) is 0 Å². The van der Waals surface area contributed by atoms with E-state index < -0.39 is 0 Å². The smallest absolute Gasteiger partial charge is 0.133 e. The van der Waals surface area contributed by atoms with Crippen LogP contribution in [0.1, 0.15) is 30.4 Å². The standard InChI is InChI=1S/C11H14BrNO/c1-7-3-4-8(9(12)10(7)14)11(13)5-2-6-11/h3-4,14H,2,5-6,13H2,1H3.